The summed E-state index contributed by atoms with van der Waals surface area (Å²) in [6.45, 7) is 0. The van der Waals surface area contributed by atoms with Crippen LogP contribution in [0.3, 0.4) is 0 Å². The van der Waals surface area contributed by atoms with Crippen molar-refractivity contribution >= 4 is 40.8 Å². The molecule has 0 fully saturated rings. The first-order chi connectivity index (χ1) is 15.7. The molecule has 2 aromatic carbocycles. The highest BCUT2D eigenvalue weighted by molar-refractivity contribution is 6.31. The predicted octanol–water partition coefficient (Wildman–Crippen LogP) is 4.25. The smallest absolute Gasteiger partial charge is 0.258 e. The summed E-state index contributed by atoms with van der Waals surface area (Å²) in [6, 6.07) is 11.3. The molecule has 3 rings (SSSR count). The van der Waals surface area contributed by atoms with Gasteiger partial charge in [-0.05, 0) is 42.5 Å². The second-order valence-electron chi connectivity index (χ2n) is 7.11. The number of carbonyl (C=O) groups is 2. The molecule has 0 aliphatic heterocycles. The van der Waals surface area contributed by atoms with E-state index in [1.807, 2.05) is 0 Å². The first-order valence-corrected chi connectivity index (χ1v) is 9.98. The SMILES string of the molecule is C#Cc1ccc(NC(=O)c2cc(Cl)ccc2NC(=O)c2ccc(C(=N)N(C)C)cc2F)nc1. The van der Waals surface area contributed by atoms with Gasteiger partial charge in [0.2, 0.25) is 0 Å². The highest BCUT2D eigenvalue weighted by Gasteiger charge is 2.19. The first kappa shape index (κ1) is 23.4. The van der Waals surface area contributed by atoms with E-state index in [1.54, 1.807) is 20.2 Å². The molecule has 2 amide bonds. The molecule has 0 unspecified atom stereocenters. The summed E-state index contributed by atoms with van der Waals surface area (Å²) in [5, 5.41) is 13.3. The van der Waals surface area contributed by atoms with Crippen LogP contribution in [-0.2, 0) is 0 Å². The highest BCUT2D eigenvalue weighted by Crippen LogP contribution is 2.23. The van der Waals surface area contributed by atoms with E-state index in [-0.39, 0.29) is 33.5 Å². The van der Waals surface area contributed by atoms with Crippen LogP contribution < -0.4 is 10.6 Å². The second-order valence-corrected chi connectivity index (χ2v) is 7.55. The van der Waals surface area contributed by atoms with Crippen molar-refractivity contribution in [2.45, 2.75) is 0 Å². The molecule has 0 saturated carbocycles. The fourth-order valence-electron chi connectivity index (χ4n) is 2.84. The zero-order valence-corrected chi connectivity index (χ0v) is 18.5. The molecular formula is C24H19ClFN5O2. The molecule has 1 aromatic heterocycles. The third kappa shape index (κ3) is 5.53. The van der Waals surface area contributed by atoms with Gasteiger partial charge in [-0.1, -0.05) is 23.6 Å². The average Bonchev–Trinajstić information content (AvgIpc) is 2.79. The number of halogens is 2. The van der Waals surface area contributed by atoms with Gasteiger partial charge in [0.25, 0.3) is 11.8 Å². The molecule has 0 aliphatic carbocycles. The summed E-state index contributed by atoms with van der Waals surface area (Å²) in [5.74, 6) is 0.640. The van der Waals surface area contributed by atoms with Crippen molar-refractivity contribution in [1.29, 1.82) is 5.41 Å². The normalized spacial score (nSPS) is 10.2. The number of nitrogens with zero attached hydrogens (tertiary/aromatic N) is 2. The maximum absolute atomic E-state index is 14.6. The molecular weight excluding hydrogens is 445 g/mol. The van der Waals surface area contributed by atoms with Crippen molar-refractivity contribution in [1.82, 2.24) is 9.88 Å². The highest BCUT2D eigenvalue weighted by atomic mass is 35.5. The van der Waals surface area contributed by atoms with E-state index < -0.39 is 17.6 Å². The number of hydrogen-bond donors (Lipinski definition) is 3. The Morgan fingerprint density at radius 3 is 2.39 bits per heavy atom. The minimum absolute atomic E-state index is 0.0603. The quantitative estimate of drug-likeness (QED) is 0.299. The largest absolute Gasteiger partial charge is 0.363 e. The van der Waals surface area contributed by atoms with Gasteiger partial charge in [-0.25, -0.2) is 9.37 Å². The fraction of sp³-hybridized carbons (Fsp3) is 0.0833. The van der Waals surface area contributed by atoms with E-state index in [1.165, 1.54) is 47.5 Å². The maximum atomic E-state index is 14.6. The lowest BCUT2D eigenvalue weighted by Gasteiger charge is -2.15. The number of amides is 2. The molecule has 0 saturated heterocycles. The van der Waals surface area contributed by atoms with Crippen molar-refractivity contribution < 1.29 is 14.0 Å². The van der Waals surface area contributed by atoms with Crippen molar-refractivity contribution in [3.05, 3.63) is 87.8 Å². The molecule has 7 nitrogen and oxygen atoms in total. The third-order valence-electron chi connectivity index (χ3n) is 4.58. The molecule has 0 aliphatic rings. The summed E-state index contributed by atoms with van der Waals surface area (Å²) in [5.41, 5.74) is 0.830. The van der Waals surface area contributed by atoms with Gasteiger partial charge in [-0.15, -0.1) is 6.42 Å². The Bertz CT molecular complexity index is 1280. The number of anilines is 2. The van der Waals surface area contributed by atoms with Crippen LogP contribution in [0.4, 0.5) is 15.9 Å². The Morgan fingerprint density at radius 2 is 1.79 bits per heavy atom. The number of amidine groups is 1. The van der Waals surface area contributed by atoms with Gasteiger partial charge in [0.1, 0.15) is 17.5 Å². The summed E-state index contributed by atoms with van der Waals surface area (Å²) in [4.78, 5) is 31.1. The minimum atomic E-state index is -0.797. The van der Waals surface area contributed by atoms with E-state index in [2.05, 4.69) is 21.5 Å². The summed E-state index contributed by atoms with van der Waals surface area (Å²) in [6.07, 6.45) is 6.73. The number of terminal acetylenes is 1. The third-order valence-corrected chi connectivity index (χ3v) is 4.82. The van der Waals surface area contributed by atoms with Crippen LogP contribution in [0, 0.1) is 23.6 Å². The molecule has 0 radical (unpaired) electrons. The van der Waals surface area contributed by atoms with Gasteiger partial charge in [-0.2, -0.15) is 0 Å². The van der Waals surface area contributed by atoms with Gasteiger partial charge in [0.15, 0.2) is 0 Å². The second kappa shape index (κ2) is 9.94. The topological polar surface area (TPSA) is 98.2 Å². The Labute approximate surface area is 195 Å². The monoisotopic (exact) mass is 463 g/mol. The van der Waals surface area contributed by atoms with Gasteiger partial charge >= 0.3 is 0 Å². The van der Waals surface area contributed by atoms with Crippen LogP contribution >= 0.6 is 11.6 Å². The maximum Gasteiger partial charge on any atom is 0.258 e. The molecule has 166 valence electrons. The molecule has 0 spiro atoms. The van der Waals surface area contributed by atoms with Crippen LogP contribution in [0.2, 0.25) is 5.02 Å². The standard InChI is InChI=1S/C24H19ClFN5O2/c1-4-14-5-10-21(28-13-14)30-24(33)18-12-16(25)7-9-20(18)29-23(32)17-8-6-15(11-19(17)26)22(27)31(2)3/h1,5-13,27H,2-3H3,(H,29,32)(H,28,30,33). The summed E-state index contributed by atoms with van der Waals surface area (Å²) >= 11 is 6.04. The van der Waals surface area contributed by atoms with Gasteiger partial charge in [0.05, 0.1) is 16.8 Å². The van der Waals surface area contributed by atoms with Crippen molar-refractivity contribution in [2.24, 2.45) is 0 Å². The van der Waals surface area contributed by atoms with Gasteiger partial charge in [0, 0.05) is 36.4 Å². The van der Waals surface area contributed by atoms with Crippen molar-refractivity contribution in [3.8, 4) is 12.3 Å². The number of benzene rings is 2. The Morgan fingerprint density at radius 1 is 1.06 bits per heavy atom. The first-order valence-electron chi connectivity index (χ1n) is 9.60. The Hall–Kier alpha value is -4.22. The lowest BCUT2D eigenvalue weighted by molar-refractivity contribution is 0.102. The van der Waals surface area contributed by atoms with Crippen molar-refractivity contribution in [3.63, 3.8) is 0 Å². The van der Waals surface area contributed by atoms with Gasteiger partial charge < -0.3 is 15.5 Å². The number of nitrogens with one attached hydrogen (secondary N) is 3. The number of pyridine rings is 1. The number of aromatic nitrogens is 1. The number of carbonyl (C=O) groups excluding carboxylic acids is 2. The molecule has 3 aromatic rings. The van der Waals surface area contributed by atoms with Crippen molar-refractivity contribution in [2.75, 3.05) is 24.7 Å². The van der Waals surface area contributed by atoms with Crippen LogP contribution in [-0.4, -0.2) is 41.6 Å². The summed E-state index contributed by atoms with van der Waals surface area (Å²) < 4.78 is 14.6. The van der Waals surface area contributed by atoms with E-state index in [9.17, 15) is 14.0 Å². The van der Waals surface area contributed by atoms with Crippen LogP contribution in [0.25, 0.3) is 0 Å². The molecule has 9 heteroatoms. The number of rotatable bonds is 5. The van der Waals surface area contributed by atoms with Crippen LogP contribution in [0.5, 0.6) is 0 Å². The van der Waals surface area contributed by atoms with Gasteiger partial charge in [-0.3, -0.25) is 15.0 Å². The Kier molecular flexibility index (Phi) is 7.06. The summed E-state index contributed by atoms with van der Waals surface area (Å²) in [7, 11) is 3.32. The van der Waals surface area contributed by atoms with E-state index in [4.69, 9.17) is 23.4 Å². The molecule has 33 heavy (non-hydrogen) atoms. The molecule has 3 N–H and O–H groups in total. The lowest BCUT2D eigenvalue weighted by Crippen LogP contribution is -2.23. The zero-order chi connectivity index (χ0) is 24.1. The molecule has 0 atom stereocenters. The average molecular weight is 464 g/mol. The van der Waals surface area contributed by atoms with Crippen LogP contribution in [0.1, 0.15) is 31.8 Å². The van der Waals surface area contributed by atoms with Crippen LogP contribution in [0.15, 0.2) is 54.7 Å². The predicted molar refractivity (Wildman–Crippen MR) is 126 cm³/mol. The molecule has 1 heterocycles. The van der Waals surface area contributed by atoms with E-state index in [0.717, 1.165) is 6.07 Å². The minimum Gasteiger partial charge on any atom is -0.363 e. The zero-order valence-electron chi connectivity index (χ0n) is 17.7. The van der Waals surface area contributed by atoms with E-state index in [0.29, 0.717) is 11.1 Å². The lowest BCUT2D eigenvalue weighted by atomic mass is 10.1. The van der Waals surface area contributed by atoms with E-state index >= 15 is 0 Å². The number of hydrogen-bond acceptors (Lipinski definition) is 4. The molecule has 0 bridgehead atoms. The fourth-order valence-corrected chi connectivity index (χ4v) is 3.02. The Balaban J connectivity index is 1.84.